The second-order valence-electron chi connectivity index (χ2n) is 5.08. The zero-order chi connectivity index (χ0) is 14.0. The van der Waals surface area contributed by atoms with Gasteiger partial charge in [-0.1, -0.05) is 15.9 Å². The molecular weight excluding hydrogens is 372 g/mol. The van der Waals surface area contributed by atoms with Crippen molar-refractivity contribution < 1.29 is 5.11 Å². The summed E-state index contributed by atoms with van der Waals surface area (Å²) in [6, 6.07) is 4.59. The maximum Gasteiger partial charge on any atom is 0.138 e. The second-order valence-corrected chi connectivity index (χ2v) is 6.85. The fraction of sp³-hybridized carbons (Fsp3) is 0.500. The van der Waals surface area contributed by atoms with E-state index < -0.39 is 0 Å². The van der Waals surface area contributed by atoms with Crippen molar-refractivity contribution in [1.82, 2.24) is 5.01 Å². The van der Waals surface area contributed by atoms with Crippen LogP contribution in [-0.2, 0) is 0 Å². The molecule has 0 aliphatic carbocycles. The Morgan fingerprint density at radius 3 is 2.53 bits per heavy atom. The van der Waals surface area contributed by atoms with Crippen LogP contribution in [0, 0.1) is 0 Å². The molecular formula is C14H18Br2N2O. The summed E-state index contributed by atoms with van der Waals surface area (Å²) in [5.74, 6) is 0.226. The molecule has 0 saturated carbocycles. The number of phenols is 1. The molecule has 1 heterocycles. The molecule has 0 aromatic heterocycles. The van der Waals surface area contributed by atoms with Crippen LogP contribution in [0.4, 0.5) is 0 Å². The fourth-order valence-electron chi connectivity index (χ4n) is 2.45. The van der Waals surface area contributed by atoms with Crippen molar-refractivity contribution >= 4 is 38.1 Å². The van der Waals surface area contributed by atoms with Gasteiger partial charge in [0.15, 0.2) is 0 Å². The van der Waals surface area contributed by atoms with Gasteiger partial charge in [-0.2, -0.15) is 5.10 Å². The molecule has 1 aromatic rings. The number of halogens is 2. The number of hydrogen-bond acceptors (Lipinski definition) is 3. The van der Waals surface area contributed by atoms with E-state index in [1.165, 1.54) is 19.3 Å². The molecule has 2 rings (SSSR count). The standard InChI is InChI=1S/C14H18Br2N2O/c1-9-4-3-5-10(2)18(9)17-8-11-6-12(15)7-13(16)14(11)19/h6-10,19H,3-5H2,1-2H3/b17-8+/t9-,10-/m1/s1. The van der Waals surface area contributed by atoms with Gasteiger partial charge in [-0.3, -0.25) is 5.01 Å². The van der Waals surface area contributed by atoms with Crippen LogP contribution in [-0.4, -0.2) is 28.4 Å². The van der Waals surface area contributed by atoms with Crippen molar-refractivity contribution in [3.63, 3.8) is 0 Å². The van der Waals surface area contributed by atoms with Crippen LogP contribution in [0.2, 0.25) is 0 Å². The van der Waals surface area contributed by atoms with E-state index >= 15 is 0 Å². The van der Waals surface area contributed by atoms with Gasteiger partial charge < -0.3 is 5.11 Å². The monoisotopic (exact) mass is 388 g/mol. The maximum atomic E-state index is 10.0. The lowest BCUT2D eigenvalue weighted by Crippen LogP contribution is -2.39. The number of nitrogens with zero attached hydrogens (tertiary/aromatic N) is 2. The van der Waals surface area contributed by atoms with Gasteiger partial charge in [0.05, 0.1) is 10.7 Å². The molecule has 104 valence electrons. The lowest BCUT2D eigenvalue weighted by atomic mass is 10.00. The molecule has 0 unspecified atom stereocenters. The average molecular weight is 390 g/mol. The smallest absolute Gasteiger partial charge is 0.138 e. The summed E-state index contributed by atoms with van der Waals surface area (Å²) in [5.41, 5.74) is 0.714. The van der Waals surface area contributed by atoms with Gasteiger partial charge in [-0.15, -0.1) is 0 Å². The van der Waals surface area contributed by atoms with Crippen molar-refractivity contribution in [2.45, 2.75) is 45.2 Å². The topological polar surface area (TPSA) is 35.8 Å². The molecule has 1 aliphatic rings. The molecule has 1 aromatic carbocycles. The first-order valence-corrected chi connectivity index (χ1v) is 8.08. The Balaban J connectivity index is 2.22. The first kappa shape index (κ1) is 14.9. The summed E-state index contributed by atoms with van der Waals surface area (Å²) in [6.45, 7) is 4.40. The lowest BCUT2D eigenvalue weighted by molar-refractivity contribution is 0.109. The van der Waals surface area contributed by atoms with Crippen LogP contribution < -0.4 is 0 Å². The highest BCUT2D eigenvalue weighted by Gasteiger charge is 2.22. The van der Waals surface area contributed by atoms with E-state index in [0.717, 1.165) is 4.47 Å². The highest BCUT2D eigenvalue weighted by molar-refractivity contribution is 9.11. The number of rotatable bonds is 2. The molecule has 0 bridgehead atoms. The summed E-state index contributed by atoms with van der Waals surface area (Å²) in [5, 5.41) is 16.7. The summed E-state index contributed by atoms with van der Waals surface area (Å²) in [4.78, 5) is 0. The molecule has 0 amide bonds. The highest BCUT2D eigenvalue weighted by atomic mass is 79.9. The summed E-state index contributed by atoms with van der Waals surface area (Å²) in [6.07, 6.45) is 5.36. The minimum Gasteiger partial charge on any atom is -0.506 e. The van der Waals surface area contributed by atoms with Gasteiger partial charge in [-0.05, 0) is 61.2 Å². The van der Waals surface area contributed by atoms with Crippen LogP contribution in [0.25, 0.3) is 0 Å². The van der Waals surface area contributed by atoms with E-state index in [1.807, 2.05) is 12.1 Å². The van der Waals surface area contributed by atoms with E-state index in [9.17, 15) is 5.11 Å². The zero-order valence-electron chi connectivity index (χ0n) is 11.1. The molecule has 3 nitrogen and oxygen atoms in total. The predicted molar refractivity (Wildman–Crippen MR) is 85.7 cm³/mol. The van der Waals surface area contributed by atoms with Gasteiger partial charge in [0.2, 0.25) is 0 Å². The Kier molecular flexibility index (Phi) is 4.90. The van der Waals surface area contributed by atoms with E-state index in [2.05, 4.69) is 55.8 Å². The van der Waals surface area contributed by atoms with Crippen molar-refractivity contribution in [2.75, 3.05) is 0 Å². The quantitative estimate of drug-likeness (QED) is 0.755. The molecule has 0 spiro atoms. The zero-order valence-corrected chi connectivity index (χ0v) is 14.3. The maximum absolute atomic E-state index is 10.0. The number of aromatic hydroxyl groups is 1. The van der Waals surface area contributed by atoms with E-state index in [0.29, 0.717) is 22.1 Å². The third-order valence-corrected chi connectivity index (χ3v) is 4.60. The van der Waals surface area contributed by atoms with Gasteiger partial charge in [0, 0.05) is 22.1 Å². The summed E-state index contributed by atoms with van der Waals surface area (Å²) >= 11 is 6.75. The van der Waals surface area contributed by atoms with Crippen molar-refractivity contribution in [3.8, 4) is 5.75 Å². The van der Waals surface area contributed by atoms with Gasteiger partial charge in [0.1, 0.15) is 5.75 Å². The second kappa shape index (κ2) is 6.27. The van der Waals surface area contributed by atoms with Gasteiger partial charge in [-0.25, -0.2) is 0 Å². The Morgan fingerprint density at radius 2 is 1.89 bits per heavy atom. The highest BCUT2D eigenvalue weighted by Crippen LogP contribution is 2.31. The van der Waals surface area contributed by atoms with Crippen molar-refractivity contribution in [1.29, 1.82) is 0 Å². The van der Waals surface area contributed by atoms with Crippen molar-refractivity contribution in [3.05, 3.63) is 26.6 Å². The van der Waals surface area contributed by atoms with Crippen LogP contribution in [0.5, 0.6) is 5.75 Å². The third-order valence-electron chi connectivity index (χ3n) is 3.53. The SMILES string of the molecule is C[C@@H]1CCC[C@@H](C)N1/N=C/c1cc(Br)cc(Br)c1O. The number of hydrogen-bond donors (Lipinski definition) is 1. The first-order valence-electron chi connectivity index (χ1n) is 6.49. The molecule has 2 atom stereocenters. The minimum absolute atomic E-state index is 0.226. The molecule has 1 saturated heterocycles. The average Bonchev–Trinajstić information content (AvgIpc) is 2.34. The summed E-state index contributed by atoms with van der Waals surface area (Å²) in [7, 11) is 0. The largest absolute Gasteiger partial charge is 0.506 e. The van der Waals surface area contributed by atoms with E-state index in [-0.39, 0.29) is 5.75 Å². The molecule has 1 N–H and O–H groups in total. The van der Waals surface area contributed by atoms with Crippen LogP contribution in [0.15, 0.2) is 26.2 Å². The molecule has 1 fully saturated rings. The van der Waals surface area contributed by atoms with Crippen molar-refractivity contribution in [2.24, 2.45) is 5.10 Å². The van der Waals surface area contributed by atoms with E-state index in [4.69, 9.17) is 0 Å². The third kappa shape index (κ3) is 3.51. The van der Waals surface area contributed by atoms with Gasteiger partial charge >= 0.3 is 0 Å². The van der Waals surface area contributed by atoms with Crippen LogP contribution in [0.3, 0.4) is 0 Å². The molecule has 1 aliphatic heterocycles. The van der Waals surface area contributed by atoms with Crippen LogP contribution >= 0.6 is 31.9 Å². The number of benzene rings is 1. The Labute approximate surface area is 130 Å². The molecule has 19 heavy (non-hydrogen) atoms. The predicted octanol–water partition coefficient (Wildman–Crippen LogP) is 4.51. The number of hydrazone groups is 1. The molecule has 5 heteroatoms. The molecule has 0 radical (unpaired) electrons. The lowest BCUT2D eigenvalue weighted by Gasteiger charge is -2.36. The van der Waals surface area contributed by atoms with Crippen LogP contribution in [0.1, 0.15) is 38.7 Å². The Morgan fingerprint density at radius 1 is 1.26 bits per heavy atom. The number of phenolic OH excluding ortho intramolecular Hbond substituents is 1. The fourth-order valence-corrected chi connectivity index (χ4v) is 3.71. The summed E-state index contributed by atoms with van der Waals surface area (Å²) < 4.78 is 1.58. The van der Waals surface area contributed by atoms with E-state index in [1.54, 1.807) is 6.21 Å². The Hall–Kier alpha value is -0.550. The van der Waals surface area contributed by atoms with Gasteiger partial charge in [0.25, 0.3) is 0 Å². The Bertz CT molecular complexity index is 481. The normalized spacial score (nSPS) is 24.1. The minimum atomic E-state index is 0.226. The first-order chi connectivity index (χ1) is 8.99. The number of piperidine rings is 1.